The van der Waals surface area contributed by atoms with Crippen LogP contribution in [0.15, 0.2) is 12.3 Å². The summed E-state index contributed by atoms with van der Waals surface area (Å²) in [6.45, 7) is 0.780. The van der Waals surface area contributed by atoms with E-state index in [1.54, 1.807) is 26.4 Å². The first kappa shape index (κ1) is 12.7. The topological polar surface area (TPSA) is 70.5 Å². The highest BCUT2D eigenvalue weighted by Crippen LogP contribution is 2.10. The molecule has 1 atom stereocenters. The Kier molecular flexibility index (Phi) is 4.94. The van der Waals surface area contributed by atoms with Gasteiger partial charge in [0.25, 0.3) is 0 Å². The molecule has 6 heteroatoms. The molecule has 1 heterocycles. The molecule has 0 spiro atoms. The average molecular weight is 226 g/mol. The highest BCUT2D eigenvalue weighted by atomic mass is 16.5. The molecule has 2 N–H and O–H groups in total. The number of nitrogens with zero attached hydrogens (tertiary/aromatic N) is 3. The smallest absolute Gasteiger partial charge is 0.224 e. The molecule has 0 fully saturated rings. The molecule has 0 aliphatic rings. The van der Waals surface area contributed by atoms with Crippen molar-refractivity contribution in [2.45, 2.75) is 6.10 Å². The third kappa shape index (κ3) is 3.63. The fraction of sp³-hybridized carbons (Fsp3) is 0.600. The summed E-state index contributed by atoms with van der Waals surface area (Å²) in [6, 6.07) is 1.79. The van der Waals surface area contributed by atoms with Crippen molar-refractivity contribution in [3.63, 3.8) is 0 Å². The SMILES string of the molecule is CNc1nccc(N(C)CC(O)COC)n1. The molecule has 16 heavy (non-hydrogen) atoms. The summed E-state index contributed by atoms with van der Waals surface area (Å²) >= 11 is 0. The third-order valence-corrected chi connectivity index (χ3v) is 2.10. The molecule has 6 nitrogen and oxygen atoms in total. The molecule has 0 saturated carbocycles. The van der Waals surface area contributed by atoms with Crippen LogP contribution in [0.4, 0.5) is 11.8 Å². The standard InChI is InChI=1S/C10H18N4O2/c1-11-10-12-5-4-9(13-10)14(2)6-8(15)7-16-3/h4-5,8,15H,6-7H2,1-3H3,(H,11,12,13). The second-order valence-electron chi connectivity index (χ2n) is 3.48. The molecule has 1 aromatic heterocycles. The number of hydrogen-bond donors (Lipinski definition) is 2. The lowest BCUT2D eigenvalue weighted by atomic mass is 10.3. The van der Waals surface area contributed by atoms with Gasteiger partial charge in [-0.1, -0.05) is 0 Å². The van der Waals surface area contributed by atoms with Gasteiger partial charge in [-0.25, -0.2) is 4.98 Å². The first-order valence-electron chi connectivity index (χ1n) is 5.06. The van der Waals surface area contributed by atoms with Crippen molar-refractivity contribution in [3.05, 3.63) is 12.3 Å². The van der Waals surface area contributed by atoms with Crippen LogP contribution in [-0.4, -0.2) is 55.5 Å². The van der Waals surface area contributed by atoms with Crippen LogP contribution in [0.1, 0.15) is 0 Å². The number of anilines is 2. The summed E-state index contributed by atoms with van der Waals surface area (Å²) in [5.74, 6) is 1.32. The zero-order valence-corrected chi connectivity index (χ0v) is 9.84. The van der Waals surface area contributed by atoms with Gasteiger partial charge in [0.2, 0.25) is 5.95 Å². The number of methoxy groups -OCH3 is 1. The Morgan fingerprint density at radius 3 is 3.00 bits per heavy atom. The monoisotopic (exact) mass is 226 g/mol. The van der Waals surface area contributed by atoms with E-state index >= 15 is 0 Å². The minimum absolute atomic E-state index is 0.314. The van der Waals surface area contributed by atoms with Crippen molar-refractivity contribution in [1.82, 2.24) is 9.97 Å². The first-order valence-corrected chi connectivity index (χ1v) is 5.06. The quantitative estimate of drug-likeness (QED) is 0.709. The number of ether oxygens (including phenoxy) is 1. The molecule has 0 aliphatic carbocycles. The van der Waals surface area contributed by atoms with Crippen LogP contribution in [0.3, 0.4) is 0 Å². The fourth-order valence-electron chi connectivity index (χ4n) is 1.34. The number of nitrogens with one attached hydrogen (secondary N) is 1. The summed E-state index contributed by atoms with van der Waals surface area (Å²) in [5, 5.41) is 12.4. The molecule has 0 amide bonds. The van der Waals surface area contributed by atoms with Crippen LogP contribution in [0.5, 0.6) is 0 Å². The minimum atomic E-state index is -0.525. The van der Waals surface area contributed by atoms with E-state index in [0.717, 1.165) is 5.82 Å². The van der Waals surface area contributed by atoms with E-state index in [1.165, 1.54) is 0 Å². The van der Waals surface area contributed by atoms with Crippen LogP contribution in [0, 0.1) is 0 Å². The van der Waals surface area contributed by atoms with Crippen molar-refractivity contribution in [2.75, 3.05) is 44.6 Å². The Morgan fingerprint density at radius 2 is 2.38 bits per heavy atom. The van der Waals surface area contributed by atoms with E-state index in [9.17, 15) is 5.11 Å². The van der Waals surface area contributed by atoms with Crippen molar-refractivity contribution in [2.24, 2.45) is 0 Å². The van der Waals surface area contributed by atoms with Gasteiger partial charge in [0.1, 0.15) is 5.82 Å². The van der Waals surface area contributed by atoms with Gasteiger partial charge in [0.05, 0.1) is 12.7 Å². The molecule has 1 aromatic rings. The van der Waals surface area contributed by atoms with Gasteiger partial charge in [-0.15, -0.1) is 0 Å². The fourth-order valence-corrected chi connectivity index (χ4v) is 1.34. The summed E-state index contributed by atoms with van der Waals surface area (Å²) in [6.07, 6.45) is 1.15. The van der Waals surface area contributed by atoms with Gasteiger partial charge in [0.15, 0.2) is 0 Å². The minimum Gasteiger partial charge on any atom is -0.389 e. The molecule has 0 bridgehead atoms. The Labute approximate surface area is 95.3 Å². The Morgan fingerprint density at radius 1 is 1.62 bits per heavy atom. The Hall–Kier alpha value is -1.40. The molecule has 1 unspecified atom stereocenters. The predicted molar refractivity (Wildman–Crippen MR) is 62.7 cm³/mol. The second-order valence-corrected chi connectivity index (χ2v) is 3.48. The van der Waals surface area contributed by atoms with Crippen LogP contribution < -0.4 is 10.2 Å². The molecule has 0 aromatic carbocycles. The molecule has 1 rings (SSSR count). The Balaban J connectivity index is 2.61. The van der Waals surface area contributed by atoms with E-state index in [2.05, 4.69) is 15.3 Å². The van der Waals surface area contributed by atoms with Crippen LogP contribution in [0.2, 0.25) is 0 Å². The molecular formula is C10H18N4O2. The lowest BCUT2D eigenvalue weighted by Gasteiger charge is -2.21. The van der Waals surface area contributed by atoms with Gasteiger partial charge in [0, 0.05) is 33.9 Å². The van der Waals surface area contributed by atoms with Crippen LogP contribution in [0.25, 0.3) is 0 Å². The zero-order valence-electron chi connectivity index (χ0n) is 9.84. The first-order chi connectivity index (χ1) is 7.67. The van der Waals surface area contributed by atoms with E-state index < -0.39 is 6.10 Å². The molecule has 0 aliphatic heterocycles. The average Bonchev–Trinajstić information content (AvgIpc) is 2.29. The highest BCUT2D eigenvalue weighted by molar-refractivity contribution is 5.41. The lowest BCUT2D eigenvalue weighted by molar-refractivity contribution is 0.0694. The van der Waals surface area contributed by atoms with Crippen molar-refractivity contribution in [3.8, 4) is 0 Å². The molecule has 90 valence electrons. The van der Waals surface area contributed by atoms with Crippen molar-refractivity contribution in [1.29, 1.82) is 0 Å². The maximum Gasteiger partial charge on any atom is 0.224 e. The van der Waals surface area contributed by atoms with E-state index in [1.807, 2.05) is 11.9 Å². The van der Waals surface area contributed by atoms with Crippen LogP contribution >= 0.6 is 0 Å². The summed E-state index contributed by atoms with van der Waals surface area (Å²) in [4.78, 5) is 10.1. The molecule has 0 saturated heterocycles. The van der Waals surface area contributed by atoms with Gasteiger partial charge < -0.3 is 20.1 Å². The van der Waals surface area contributed by atoms with Crippen molar-refractivity contribution >= 4 is 11.8 Å². The highest BCUT2D eigenvalue weighted by Gasteiger charge is 2.09. The summed E-state index contributed by atoms with van der Waals surface area (Å²) < 4.78 is 4.86. The van der Waals surface area contributed by atoms with Gasteiger partial charge in [-0.2, -0.15) is 4.98 Å². The number of aliphatic hydroxyl groups is 1. The summed E-state index contributed by atoms with van der Waals surface area (Å²) in [7, 11) is 5.19. The summed E-state index contributed by atoms with van der Waals surface area (Å²) in [5.41, 5.74) is 0. The lowest BCUT2D eigenvalue weighted by Crippen LogP contribution is -2.32. The van der Waals surface area contributed by atoms with Crippen molar-refractivity contribution < 1.29 is 9.84 Å². The van der Waals surface area contributed by atoms with E-state index in [-0.39, 0.29) is 0 Å². The largest absolute Gasteiger partial charge is 0.389 e. The number of hydrogen-bond acceptors (Lipinski definition) is 6. The number of aromatic nitrogens is 2. The second kappa shape index (κ2) is 6.24. The van der Waals surface area contributed by atoms with Gasteiger partial charge in [-0.05, 0) is 6.07 Å². The number of rotatable bonds is 6. The normalized spacial score (nSPS) is 12.2. The Bertz CT molecular complexity index is 321. The van der Waals surface area contributed by atoms with Crippen LogP contribution in [-0.2, 0) is 4.74 Å². The van der Waals surface area contributed by atoms with Gasteiger partial charge in [-0.3, -0.25) is 0 Å². The maximum atomic E-state index is 9.58. The zero-order chi connectivity index (χ0) is 12.0. The van der Waals surface area contributed by atoms with Gasteiger partial charge >= 0.3 is 0 Å². The number of aliphatic hydroxyl groups excluding tert-OH is 1. The maximum absolute atomic E-state index is 9.58. The predicted octanol–water partition coefficient (Wildman–Crippen LogP) is -0.0382. The third-order valence-electron chi connectivity index (χ3n) is 2.10. The molecule has 0 radical (unpaired) electrons. The number of likely N-dealkylation sites (N-methyl/N-ethyl adjacent to an activating group) is 1. The van der Waals surface area contributed by atoms with E-state index in [0.29, 0.717) is 19.1 Å². The van der Waals surface area contributed by atoms with E-state index in [4.69, 9.17) is 4.74 Å². The molecular weight excluding hydrogens is 208 g/mol.